The Morgan fingerprint density at radius 2 is 2.16 bits per heavy atom. The SMILES string of the molecule is C[C@@H](CC(N)=O)c1cc(Cl)ccc1C1CCNCC1. The van der Waals surface area contributed by atoms with Gasteiger partial charge in [-0.1, -0.05) is 24.6 Å². The molecule has 1 aromatic carbocycles. The van der Waals surface area contributed by atoms with Crippen molar-refractivity contribution in [1.82, 2.24) is 5.32 Å². The lowest BCUT2D eigenvalue weighted by Crippen LogP contribution is -2.27. The Morgan fingerprint density at radius 3 is 2.79 bits per heavy atom. The van der Waals surface area contributed by atoms with Gasteiger partial charge in [-0.2, -0.15) is 0 Å². The summed E-state index contributed by atoms with van der Waals surface area (Å²) >= 11 is 6.11. The lowest BCUT2D eigenvalue weighted by Gasteiger charge is -2.27. The largest absolute Gasteiger partial charge is 0.370 e. The van der Waals surface area contributed by atoms with Crippen molar-refractivity contribution in [1.29, 1.82) is 0 Å². The van der Waals surface area contributed by atoms with Gasteiger partial charge in [-0.3, -0.25) is 4.79 Å². The van der Waals surface area contributed by atoms with Crippen molar-refractivity contribution in [2.24, 2.45) is 5.73 Å². The molecule has 1 heterocycles. The molecule has 1 aromatic rings. The molecule has 3 nitrogen and oxygen atoms in total. The molecule has 2 rings (SSSR count). The highest BCUT2D eigenvalue weighted by molar-refractivity contribution is 6.30. The molecule has 0 radical (unpaired) electrons. The summed E-state index contributed by atoms with van der Waals surface area (Å²) in [6.07, 6.45) is 2.65. The van der Waals surface area contributed by atoms with E-state index in [1.807, 2.05) is 19.1 Å². The second kappa shape index (κ2) is 6.40. The van der Waals surface area contributed by atoms with Gasteiger partial charge >= 0.3 is 0 Å². The summed E-state index contributed by atoms with van der Waals surface area (Å²) in [7, 11) is 0. The van der Waals surface area contributed by atoms with Crippen LogP contribution in [-0.2, 0) is 4.79 Å². The Labute approximate surface area is 119 Å². The van der Waals surface area contributed by atoms with Gasteiger partial charge in [0.05, 0.1) is 0 Å². The monoisotopic (exact) mass is 280 g/mol. The fraction of sp³-hybridized carbons (Fsp3) is 0.533. The first-order chi connectivity index (χ1) is 9.08. The van der Waals surface area contributed by atoms with Crippen LogP contribution in [0.3, 0.4) is 0 Å². The van der Waals surface area contributed by atoms with Crippen LogP contribution >= 0.6 is 11.6 Å². The van der Waals surface area contributed by atoms with Gasteiger partial charge < -0.3 is 11.1 Å². The van der Waals surface area contributed by atoms with Crippen molar-refractivity contribution in [3.8, 4) is 0 Å². The molecule has 0 aliphatic carbocycles. The molecule has 1 atom stereocenters. The number of rotatable bonds is 4. The first-order valence-electron chi connectivity index (χ1n) is 6.86. The van der Waals surface area contributed by atoms with Crippen LogP contribution in [0.25, 0.3) is 0 Å². The molecule has 0 spiro atoms. The van der Waals surface area contributed by atoms with Crippen LogP contribution in [0.15, 0.2) is 18.2 Å². The van der Waals surface area contributed by atoms with E-state index in [0.717, 1.165) is 31.0 Å². The Morgan fingerprint density at radius 1 is 1.47 bits per heavy atom. The van der Waals surface area contributed by atoms with Crippen molar-refractivity contribution in [3.63, 3.8) is 0 Å². The predicted molar refractivity (Wildman–Crippen MR) is 78.5 cm³/mol. The minimum absolute atomic E-state index is 0.126. The van der Waals surface area contributed by atoms with Gasteiger partial charge in [0.25, 0.3) is 0 Å². The minimum Gasteiger partial charge on any atom is -0.370 e. The van der Waals surface area contributed by atoms with Gasteiger partial charge in [-0.15, -0.1) is 0 Å². The summed E-state index contributed by atoms with van der Waals surface area (Å²) in [5.41, 5.74) is 7.83. The summed E-state index contributed by atoms with van der Waals surface area (Å²) in [5.74, 6) is 0.425. The molecule has 0 aromatic heterocycles. The number of nitrogens with one attached hydrogen (secondary N) is 1. The van der Waals surface area contributed by atoms with Gasteiger partial charge in [0.15, 0.2) is 0 Å². The molecule has 1 saturated heterocycles. The zero-order valence-corrected chi connectivity index (χ0v) is 12.0. The van der Waals surface area contributed by atoms with Crippen LogP contribution in [0.4, 0.5) is 0 Å². The van der Waals surface area contributed by atoms with E-state index in [-0.39, 0.29) is 11.8 Å². The molecular weight excluding hydrogens is 260 g/mol. The fourth-order valence-electron chi connectivity index (χ4n) is 2.89. The number of carbonyl (C=O) groups is 1. The average Bonchev–Trinajstić information content (AvgIpc) is 2.39. The first kappa shape index (κ1) is 14.4. The van der Waals surface area contributed by atoms with E-state index in [1.165, 1.54) is 11.1 Å². The molecule has 1 aliphatic rings. The van der Waals surface area contributed by atoms with Gasteiger partial charge in [0, 0.05) is 11.4 Å². The van der Waals surface area contributed by atoms with E-state index in [9.17, 15) is 4.79 Å². The van der Waals surface area contributed by atoms with Crippen molar-refractivity contribution < 1.29 is 4.79 Å². The van der Waals surface area contributed by atoms with Gasteiger partial charge in [0.1, 0.15) is 0 Å². The minimum atomic E-state index is -0.260. The molecule has 4 heteroatoms. The molecule has 3 N–H and O–H groups in total. The highest BCUT2D eigenvalue weighted by Gasteiger charge is 2.21. The van der Waals surface area contributed by atoms with Gasteiger partial charge in [-0.25, -0.2) is 0 Å². The number of carbonyl (C=O) groups excluding carboxylic acids is 1. The maximum Gasteiger partial charge on any atom is 0.218 e. The Kier molecular flexibility index (Phi) is 4.83. The number of primary amides is 1. The Balaban J connectivity index is 2.28. The number of hydrogen-bond donors (Lipinski definition) is 2. The van der Waals surface area contributed by atoms with E-state index in [1.54, 1.807) is 0 Å². The number of nitrogens with two attached hydrogens (primary N) is 1. The van der Waals surface area contributed by atoms with Crippen LogP contribution in [-0.4, -0.2) is 19.0 Å². The third-order valence-corrected chi connectivity index (χ3v) is 4.10. The average molecular weight is 281 g/mol. The lowest BCUT2D eigenvalue weighted by molar-refractivity contribution is -0.118. The first-order valence-corrected chi connectivity index (χ1v) is 7.24. The van der Waals surface area contributed by atoms with Crippen LogP contribution in [0.1, 0.15) is 49.1 Å². The van der Waals surface area contributed by atoms with Gasteiger partial charge in [0.2, 0.25) is 5.91 Å². The molecule has 1 fully saturated rings. The number of amides is 1. The third-order valence-electron chi connectivity index (χ3n) is 3.87. The highest BCUT2D eigenvalue weighted by atomic mass is 35.5. The molecule has 1 aliphatic heterocycles. The molecule has 0 bridgehead atoms. The molecule has 0 saturated carbocycles. The quantitative estimate of drug-likeness (QED) is 0.891. The number of hydrogen-bond acceptors (Lipinski definition) is 2. The highest BCUT2D eigenvalue weighted by Crippen LogP contribution is 2.34. The standard InChI is InChI=1S/C15H21ClN2O/c1-10(8-15(17)19)14-9-12(16)2-3-13(14)11-4-6-18-7-5-11/h2-3,9-11,18H,4-8H2,1H3,(H2,17,19)/t10-/m0/s1. The molecule has 104 valence electrons. The predicted octanol–water partition coefficient (Wildman–Crippen LogP) is 2.79. The Bertz CT molecular complexity index is 455. The summed E-state index contributed by atoms with van der Waals surface area (Å²) in [5, 5.41) is 4.10. The van der Waals surface area contributed by atoms with Crippen LogP contribution < -0.4 is 11.1 Å². The lowest BCUT2D eigenvalue weighted by atomic mass is 9.82. The van der Waals surface area contributed by atoms with Gasteiger partial charge in [-0.05, 0) is 61.0 Å². The van der Waals surface area contributed by atoms with Crippen LogP contribution in [0, 0.1) is 0 Å². The molecule has 0 unspecified atom stereocenters. The van der Waals surface area contributed by atoms with Crippen molar-refractivity contribution in [3.05, 3.63) is 34.3 Å². The van der Waals surface area contributed by atoms with Crippen molar-refractivity contribution in [2.75, 3.05) is 13.1 Å². The number of piperidine rings is 1. The van der Waals surface area contributed by atoms with Crippen LogP contribution in [0.2, 0.25) is 5.02 Å². The normalized spacial score (nSPS) is 18.2. The fourth-order valence-corrected chi connectivity index (χ4v) is 3.07. The Hall–Kier alpha value is -1.06. The summed E-state index contributed by atoms with van der Waals surface area (Å²) in [4.78, 5) is 11.1. The number of benzene rings is 1. The maximum atomic E-state index is 11.1. The van der Waals surface area contributed by atoms with Crippen LogP contribution in [0.5, 0.6) is 0 Å². The number of halogens is 1. The maximum absolute atomic E-state index is 11.1. The van der Waals surface area contributed by atoms with E-state index >= 15 is 0 Å². The van der Waals surface area contributed by atoms with Crippen molar-refractivity contribution >= 4 is 17.5 Å². The summed E-state index contributed by atoms with van der Waals surface area (Å²) in [6, 6.07) is 6.05. The van der Waals surface area contributed by atoms with Crippen molar-refractivity contribution in [2.45, 2.75) is 38.0 Å². The third kappa shape index (κ3) is 3.71. The molecular formula is C15H21ClN2O. The topological polar surface area (TPSA) is 55.1 Å². The van der Waals surface area contributed by atoms with E-state index < -0.39 is 0 Å². The summed E-state index contributed by atoms with van der Waals surface area (Å²) < 4.78 is 0. The second-order valence-electron chi connectivity index (χ2n) is 5.37. The zero-order chi connectivity index (χ0) is 13.8. The molecule has 19 heavy (non-hydrogen) atoms. The van der Waals surface area contributed by atoms with E-state index in [0.29, 0.717) is 12.3 Å². The second-order valence-corrected chi connectivity index (χ2v) is 5.81. The van der Waals surface area contributed by atoms with E-state index in [2.05, 4.69) is 11.4 Å². The van der Waals surface area contributed by atoms with E-state index in [4.69, 9.17) is 17.3 Å². The summed E-state index contributed by atoms with van der Waals surface area (Å²) in [6.45, 7) is 4.15. The smallest absolute Gasteiger partial charge is 0.218 e. The molecule has 1 amide bonds. The zero-order valence-electron chi connectivity index (χ0n) is 11.3.